The maximum atomic E-state index is 12.7. The van der Waals surface area contributed by atoms with E-state index in [2.05, 4.69) is 15.3 Å². The molecule has 27 heavy (non-hydrogen) atoms. The number of ether oxygens (including phenoxy) is 1. The molecular formula is C19H18N4O4. The van der Waals surface area contributed by atoms with Gasteiger partial charge in [-0.3, -0.25) is 14.9 Å². The van der Waals surface area contributed by atoms with E-state index in [-0.39, 0.29) is 11.6 Å². The third-order valence-electron chi connectivity index (χ3n) is 3.90. The number of hydrogen-bond donors (Lipinski definition) is 2. The minimum atomic E-state index is -0.467. The number of hydrogen-bond acceptors (Lipinski definition) is 5. The number of non-ortho nitro benzene ring substituents is 1. The van der Waals surface area contributed by atoms with Crippen molar-refractivity contribution in [3.63, 3.8) is 0 Å². The molecule has 0 aliphatic heterocycles. The first-order chi connectivity index (χ1) is 13.1. The van der Waals surface area contributed by atoms with Crippen LogP contribution in [-0.2, 0) is 9.53 Å². The molecule has 2 aromatic carbocycles. The number of rotatable bonds is 7. The van der Waals surface area contributed by atoms with Crippen LogP contribution in [0.15, 0.2) is 48.5 Å². The zero-order chi connectivity index (χ0) is 19.2. The number of nitrogens with zero attached hydrogens (tertiary/aromatic N) is 2. The topological polar surface area (TPSA) is 110 Å². The third kappa shape index (κ3) is 4.36. The smallest absolute Gasteiger partial charge is 0.269 e. The third-order valence-corrected chi connectivity index (χ3v) is 3.90. The van der Waals surface area contributed by atoms with Crippen molar-refractivity contribution in [1.82, 2.24) is 15.3 Å². The largest absolute Gasteiger partial charge is 0.383 e. The van der Waals surface area contributed by atoms with Gasteiger partial charge in [-0.1, -0.05) is 12.1 Å². The van der Waals surface area contributed by atoms with Crippen LogP contribution in [0.4, 0.5) is 5.69 Å². The maximum Gasteiger partial charge on any atom is 0.269 e. The van der Waals surface area contributed by atoms with E-state index in [0.29, 0.717) is 30.1 Å². The second kappa shape index (κ2) is 8.24. The molecule has 0 bridgehead atoms. The lowest BCUT2D eigenvalue weighted by molar-refractivity contribution is -0.384. The number of amides is 1. The lowest BCUT2D eigenvalue weighted by atomic mass is 10.1. The molecule has 0 aliphatic carbocycles. The van der Waals surface area contributed by atoms with Gasteiger partial charge in [0.2, 0.25) is 0 Å². The summed E-state index contributed by atoms with van der Waals surface area (Å²) in [5.41, 5.74) is 2.52. The highest BCUT2D eigenvalue weighted by atomic mass is 16.6. The van der Waals surface area contributed by atoms with Crippen molar-refractivity contribution >= 4 is 34.3 Å². The van der Waals surface area contributed by atoms with Crippen molar-refractivity contribution in [1.29, 1.82) is 0 Å². The van der Waals surface area contributed by atoms with Crippen molar-refractivity contribution in [3.05, 3.63) is 70.0 Å². The molecule has 0 atom stereocenters. The van der Waals surface area contributed by atoms with E-state index in [4.69, 9.17) is 4.74 Å². The Kier molecular flexibility index (Phi) is 5.58. The first-order valence-electron chi connectivity index (χ1n) is 8.27. The second-order valence-electron chi connectivity index (χ2n) is 5.76. The number of nitro benzene ring substituents is 1. The van der Waals surface area contributed by atoms with Crippen molar-refractivity contribution in [2.24, 2.45) is 0 Å². The van der Waals surface area contributed by atoms with Gasteiger partial charge in [0, 0.05) is 25.8 Å². The van der Waals surface area contributed by atoms with Gasteiger partial charge in [0.05, 0.1) is 28.1 Å². The number of fused-ring (bicyclic) bond motifs is 1. The highest BCUT2D eigenvalue weighted by Crippen LogP contribution is 2.21. The highest BCUT2D eigenvalue weighted by molar-refractivity contribution is 6.23. The van der Waals surface area contributed by atoms with Gasteiger partial charge >= 0.3 is 0 Å². The zero-order valence-corrected chi connectivity index (χ0v) is 14.6. The van der Waals surface area contributed by atoms with Crippen LogP contribution in [-0.4, -0.2) is 41.1 Å². The molecule has 0 unspecified atom stereocenters. The van der Waals surface area contributed by atoms with E-state index in [1.165, 1.54) is 12.1 Å². The van der Waals surface area contributed by atoms with Gasteiger partial charge < -0.3 is 15.0 Å². The number of H-pyrrole nitrogens is 1. The number of aromatic nitrogens is 2. The van der Waals surface area contributed by atoms with Crippen molar-refractivity contribution in [2.75, 3.05) is 20.3 Å². The highest BCUT2D eigenvalue weighted by Gasteiger charge is 2.16. The SMILES string of the molecule is COCCNC(=O)/C(=C/c1ccc([N+](=O)[O-])cc1)c1nc2ccccc2[nH]1. The van der Waals surface area contributed by atoms with E-state index >= 15 is 0 Å². The van der Waals surface area contributed by atoms with Crippen LogP contribution in [0.5, 0.6) is 0 Å². The summed E-state index contributed by atoms with van der Waals surface area (Å²) in [5, 5.41) is 13.6. The number of para-hydroxylation sites is 2. The molecule has 1 heterocycles. The fraction of sp³-hybridized carbons (Fsp3) is 0.158. The molecule has 0 spiro atoms. The molecule has 2 N–H and O–H groups in total. The molecule has 0 fully saturated rings. The quantitative estimate of drug-likeness (QED) is 0.289. The Morgan fingerprint density at radius 2 is 2.00 bits per heavy atom. The van der Waals surface area contributed by atoms with Gasteiger partial charge in [-0.15, -0.1) is 0 Å². The number of carbonyl (C=O) groups excluding carboxylic acids is 1. The van der Waals surface area contributed by atoms with Gasteiger partial charge in [0.15, 0.2) is 0 Å². The van der Waals surface area contributed by atoms with E-state index in [9.17, 15) is 14.9 Å². The molecule has 3 rings (SSSR count). The Morgan fingerprint density at radius 3 is 2.67 bits per heavy atom. The number of methoxy groups -OCH3 is 1. The van der Waals surface area contributed by atoms with Crippen LogP contribution in [0.3, 0.4) is 0 Å². The molecule has 0 radical (unpaired) electrons. The fourth-order valence-corrected chi connectivity index (χ4v) is 2.54. The molecule has 0 saturated carbocycles. The molecule has 0 aliphatic rings. The minimum Gasteiger partial charge on any atom is -0.383 e. The molecule has 8 nitrogen and oxygen atoms in total. The van der Waals surface area contributed by atoms with Gasteiger partial charge in [-0.05, 0) is 35.9 Å². The molecule has 3 aromatic rings. The summed E-state index contributed by atoms with van der Waals surface area (Å²) < 4.78 is 4.96. The van der Waals surface area contributed by atoms with Crippen molar-refractivity contribution < 1.29 is 14.5 Å². The second-order valence-corrected chi connectivity index (χ2v) is 5.76. The van der Waals surface area contributed by atoms with Crippen LogP contribution in [0.2, 0.25) is 0 Å². The maximum absolute atomic E-state index is 12.7. The van der Waals surface area contributed by atoms with Crippen LogP contribution in [0.25, 0.3) is 22.7 Å². The van der Waals surface area contributed by atoms with Gasteiger partial charge in [0.25, 0.3) is 11.6 Å². The Morgan fingerprint density at radius 1 is 1.26 bits per heavy atom. The van der Waals surface area contributed by atoms with Gasteiger partial charge in [-0.2, -0.15) is 0 Å². The number of aromatic amines is 1. The summed E-state index contributed by atoms with van der Waals surface area (Å²) in [6.07, 6.45) is 1.64. The summed E-state index contributed by atoms with van der Waals surface area (Å²) in [6, 6.07) is 13.4. The summed E-state index contributed by atoms with van der Waals surface area (Å²) in [5.74, 6) is 0.105. The molecule has 1 aromatic heterocycles. The predicted molar refractivity (Wildman–Crippen MR) is 102 cm³/mol. The van der Waals surface area contributed by atoms with Gasteiger partial charge in [-0.25, -0.2) is 4.98 Å². The summed E-state index contributed by atoms with van der Waals surface area (Å²) in [6.45, 7) is 0.740. The summed E-state index contributed by atoms with van der Waals surface area (Å²) in [4.78, 5) is 30.6. The molecule has 8 heteroatoms. The number of nitro groups is 1. The fourth-order valence-electron chi connectivity index (χ4n) is 2.54. The van der Waals surface area contributed by atoms with E-state index < -0.39 is 4.92 Å². The number of carbonyl (C=O) groups is 1. The Hall–Kier alpha value is -3.52. The normalized spacial score (nSPS) is 11.5. The van der Waals surface area contributed by atoms with Crippen LogP contribution in [0.1, 0.15) is 11.4 Å². The lowest BCUT2D eigenvalue weighted by Gasteiger charge is -2.07. The Labute approximate surface area is 155 Å². The summed E-state index contributed by atoms with van der Waals surface area (Å²) in [7, 11) is 1.55. The molecule has 0 saturated heterocycles. The molecule has 138 valence electrons. The molecule has 1 amide bonds. The van der Waals surface area contributed by atoms with Crippen LogP contribution >= 0.6 is 0 Å². The first-order valence-corrected chi connectivity index (χ1v) is 8.27. The monoisotopic (exact) mass is 366 g/mol. The van der Waals surface area contributed by atoms with E-state index in [1.807, 2.05) is 24.3 Å². The van der Waals surface area contributed by atoms with Crippen LogP contribution < -0.4 is 5.32 Å². The Balaban J connectivity index is 1.98. The standard InChI is InChI=1S/C19H18N4O4/c1-27-11-10-20-19(24)15(12-13-6-8-14(9-7-13)23(25)26)18-21-16-4-2-3-5-17(16)22-18/h2-9,12H,10-11H2,1H3,(H,20,24)(H,21,22)/b15-12+. The molecular weight excluding hydrogens is 348 g/mol. The van der Waals surface area contributed by atoms with Crippen LogP contribution in [0, 0.1) is 10.1 Å². The summed E-state index contributed by atoms with van der Waals surface area (Å²) >= 11 is 0. The number of imidazole rings is 1. The average molecular weight is 366 g/mol. The zero-order valence-electron chi connectivity index (χ0n) is 14.6. The predicted octanol–water partition coefficient (Wildman–Crippen LogP) is 2.77. The van der Waals surface area contributed by atoms with Crippen molar-refractivity contribution in [2.45, 2.75) is 0 Å². The number of benzene rings is 2. The van der Waals surface area contributed by atoms with E-state index in [1.54, 1.807) is 25.3 Å². The number of nitrogens with one attached hydrogen (secondary N) is 2. The minimum absolute atomic E-state index is 0.0121. The van der Waals surface area contributed by atoms with Crippen molar-refractivity contribution in [3.8, 4) is 0 Å². The van der Waals surface area contributed by atoms with Gasteiger partial charge in [0.1, 0.15) is 5.82 Å². The average Bonchev–Trinajstić information content (AvgIpc) is 3.10. The van der Waals surface area contributed by atoms with E-state index in [0.717, 1.165) is 11.0 Å². The lowest BCUT2D eigenvalue weighted by Crippen LogP contribution is -2.28. The first kappa shape index (κ1) is 18.3. The Bertz CT molecular complexity index is 959.